The monoisotopic (exact) mass is 302 g/mol. The molecular weight excluding hydrogens is 284 g/mol. The van der Waals surface area contributed by atoms with Gasteiger partial charge in [0, 0.05) is 24.3 Å². The standard InChI is InChI=1S/C13H19ClN2O2S/c1-18-6-8-19-7-2-3-13(17)16-12-9-10(14)4-5-11(12)15/h4-5,9H,2-3,6-8,15H2,1H3,(H,16,17). The van der Waals surface area contributed by atoms with Crippen LogP contribution in [0.15, 0.2) is 18.2 Å². The molecule has 1 rings (SSSR count). The van der Waals surface area contributed by atoms with Gasteiger partial charge in [0.1, 0.15) is 0 Å². The largest absolute Gasteiger partial charge is 0.397 e. The van der Waals surface area contributed by atoms with E-state index < -0.39 is 0 Å². The fourth-order valence-corrected chi connectivity index (χ4v) is 2.44. The summed E-state index contributed by atoms with van der Waals surface area (Å²) < 4.78 is 4.95. The number of benzene rings is 1. The molecule has 0 atom stereocenters. The summed E-state index contributed by atoms with van der Waals surface area (Å²) in [6, 6.07) is 5.03. The Hall–Kier alpha value is -0.910. The number of carbonyl (C=O) groups is 1. The third-order valence-electron chi connectivity index (χ3n) is 2.41. The van der Waals surface area contributed by atoms with Crippen LogP contribution in [0.25, 0.3) is 0 Å². The number of nitrogen functional groups attached to an aromatic ring is 1. The number of nitrogens with two attached hydrogens (primary N) is 1. The van der Waals surface area contributed by atoms with Crippen molar-refractivity contribution >= 4 is 40.6 Å². The Morgan fingerprint density at radius 1 is 1.47 bits per heavy atom. The van der Waals surface area contributed by atoms with Crippen LogP contribution in [0.4, 0.5) is 11.4 Å². The van der Waals surface area contributed by atoms with Gasteiger partial charge in [-0.15, -0.1) is 0 Å². The minimum atomic E-state index is -0.0405. The summed E-state index contributed by atoms with van der Waals surface area (Å²) in [4.78, 5) is 11.7. The Morgan fingerprint density at radius 2 is 2.26 bits per heavy atom. The Balaban J connectivity index is 2.25. The van der Waals surface area contributed by atoms with Crippen molar-refractivity contribution in [2.24, 2.45) is 0 Å². The van der Waals surface area contributed by atoms with Crippen LogP contribution in [0.3, 0.4) is 0 Å². The Morgan fingerprint density at radius 3 is 3.00 bits per heavy atom. The van der Waals surface area contributed by atoms with Crippen LogP contribution < -0.4 is 11.1 Å². The number of anilines is 2. The molecule has 0 aromatic heterocycles. The first kappa shape index (κ1) is 16.1. The van der Waals surface area contributed by atoms with Crippen molar-refractivity contribution in [3.8, 4) is 0 Å². The molecule has 3 N–H and O–H groups in total. The molecule has 4 nitrogen and oxygen atoms in total. The molecule has 1 amide bonds. The molecule has 0 spiro atoms. The molecule has 0 heterocycles. The fraction of sp³-hybridized carbons (Fsp3) is 0.462. The summed E-state index contributed by atoms with van der Waals surface area (Å²) in [7, 11) is 1.68. The lowest BCUT2D eigenvalue weighted by atomic mass is 10.2. The predicted molar refractivity (Wildman–Crippen MR) is 82.9 cm³/mol. The highest BCUT2D eigenvalue weighted by Crippen LogP contribution is 2.23. The molecule has 0 unspecified atom stereocenters. The van der Waals surface area contributed by atoms with Crippen molar-refractivity contribution in [2.45, 2.75) is 12.8 Å². The summed E-state index contributed by atoms with van der Waals surface area (Å²) in [6.45, 7) is 0.746. The van der Waals surface area contributed by atoms with Crippen molar-refractivity contribution in [2.75, 3.05) is 36.3 Å². The third kappa shape index (κ3) is 6.71. The van der Waals surface area contributed by atoms with E-state index in [1.165, 1.54) is 0 Å². The molecule has 0 radical (unpaired) electrons. The number of methoxy groups -OCH3 is 1. The molecule has 1 aromatic rings. The highest BCUT2D eigenvalue weighted by atomic mass is 35.5. The van der Waals surface area contributed by atoms with Gasteiger partial charge in [0.25, 0.3) is 0 Å². The first-order chi connectivity index (χ1) is 9.13. The van der Waals surface area contributed by atoms with Crippen LogP contribution in [-0.4, -0.2) is 31.1 Å². The van der Waals surface area contributed by atoms with Crippen LogP contribution in [0.1, 0.15) is 12.8 Å². The quantitative estimate of drug-likeness (QED) is 0.572. The maximum absolute atomic E-state index is 11.7. The SMILES string of the molecule is COCCSCCCC(=O)Nc1cc(Cl)ccc1N. The van der Waals surface area contributed by atoms with E-state index in [4.69, 9.17) is 22.1 Å². The molecule has 19 heavy (non-hydrogen) atoms. The number of amides is 1. The summed E-state index contributed by atoms with van der Waals surface area (Å²) in [5.41, 5.74) is 6.85. The van der Waals surface area contributed by atoms with Gasteiger partial charge in [0.05, 0.1) is 18.0 Å². The molecule has 0 aliphatic carbocycles. The first-order valence-corrected chi connectivity index (χ1v) is 7.58. The van der Waals surface area contributed by atoms with Crippen LogP contribution in [0, 0.1) is 0 Å². The van der Waals surface area contributed by atoms with Gasteiger partial charge in [0.15, 0.2) is 0 Å². The van der Waals surface area contributed by atoms with Crippen molar-refractivity contribution in [3.63, 3.8) is 0 Å². The van der Waals surface area contributed by atoms with Crippen LogP contribution >= 0.6 is 23.4 Å². The smallest absolute Gasteiger partial charge is 0.224 e. The molecule has 0 bridgehead atoms. The zero-order valence-corrected chi connectivity index (χ0v) is 12.5. The number of thioether (sulfide) groups is 1. The van der Waals surface area contributed by atoms with Gasteiger partial charge in [-0.05, 0) is 30.4 Å². The topological polar surface area (TPSA) is 64.3 Å². The number of carbonyl (C=O) groups excluding carboxylic acids is 1. The molecule has 0 saturated heterocycles. The van der Waals surface area contributed by atoms with Gasteiger partial charge in [-0.2, -0.15) is 11.8 Å². The van der Waals surface area contributed by atoms with Crippen molar-refractivity contribution in [3.05, 3.63) is 23.2 Å². The fourth-order valence-electron chi connectivity index (χ4n) is 1.43. The lowest BCUT2D eigenvalue weighted by Crippen LogP contribution is -2.13. The summed E-state index contributed by atoms with van der Waals surface area (Å²) >= 11 is 7.63. The first-order valence-electron chi connectivity index (χ1n) is 6.05. The molecule has 0 aliphatic heterocycles. The van der Waals surface area contributed by atoms with Gasteiger partial charge >= 0.3 is 0 Å². The van der Waals surface area contributed by atoms with E-state index >= 15 is 0 Å². The van der Waals surface area contributed by atoms with Gasteiger partial charge in [-0.25, -0.2) is 0 Å². The molecular formula is C13H19ClN2O2S. The zero-order valence-electron chi connectivity index (χ0n) is 10.9. The van der Waals surface area contributed by atoms with Crippen molar-refractivity contribution in [1.82, 2.24) is 0 Å². The van der Waals surface area contributed by atoms with E-state index in [0.717, 1.165) is 24.5 Å². The molecule has 0 aliphatic rings. The molecule has 106 valence electrons. The van der Waals surface area contributed by atoms with E-state index in [2.05, 4.69) is 5.32 Å². The normalized spacial score (nSPS) is 10.4. The average molecular weight is 303 g/mol. The number of hydrogen-bond acceptors (Lipinski definition) is 4. The van der Waals surface area contributed by atoms with Gasteiger partial charge in [-0.3, -0.25) is 4.79 Å². The minimum Gasteiger partial charge on any atom is -0.397 e. The van der Waals surface area contributed by atoms with Gasteiger partial charge in [0.2, 0.25) is 5.91 Å². The second kappa shape index (κ2) is 9.07. The Labute approximate surface area is 123 Å². The third-order valence-corrected chi connectivity index (χ3v) is 3.68. The Kier molecular flexibility index (Phi) is 7.70. The van der Waals surface area contributed by atoms with E-state index in [-0.39, 0.29) is 5.91 Å². The van der Waals surface area contributed by atoms with Crippen molar-refractivity contribution in [1.29, 1.82) is 0 Å². The number of rotatable bonds is 8. The highest BCUT2D eigenvalue weighted by molar-refractivity contribution is 7.99. The molecule has 1 aromatic carbocycles. The summed E-state index contributed by atoms with van der Waals surface area (Å²) in [5.74, 6) is 1.86. The summed E-state index contributed by atoms with van der Waals surface area (Å²) in [5, 5.41) is 3.33. The Bertz CT molecular complexity index is 416. The van der Waals surface area contributed by atoms with Crippen LogP contribution in [0.2, 0.25) is 5.02 Å². The van der Waals surface area contributed by atoms with Crippen molar-refractivity contribution < 1.29 is 9.53 Å². The number of halogens is 1. The maximum atomic E-state index is 11.7. The average Bonchev–Trinajstić information content (AvgIpc) is 2.38. The van der Waals surface area contributed by atoms with E-state index in [1.807, 2.05) is 0 Å². The minimum absolute atomic E-state index is 0.0405. The van der Waals surface area contributed by atoms with E-state index in [9.17, 15) is 4.79 Å². The summed E-state index contributed by atoms with van der Waals surface area (Å²) in [6.07, 6.45) is 1.31. The number of ether oxygens (including phenoxy) is 1. The van der Waals surface area contributed by atoms with E-state index in [0.29, 0.717) is 22.8 Å². The second-order valence-corrected chi connectivity index (χ2v) is 5.65. The lowest BCUT2D eigenvalue weighted by molar-refractivity contribution is -0.116. The lowest BCUT2D eigenvalue weighted by Gasteiger charge is -2.08. The zero-order chi connectivity index (χ0) is 14.1. The maximum Gasteiger partial charge on any atom is 0.224 e. The number of hydrogen-bond donors (Lipinski definition) is 2. The van der Waals surface area contributed by atoms with Crippen LogP contribution in [-0.2, 0) is 9.53 Å². The van der Waals surface area contributed by atoms with Gasteiger partial charge < -0.3 is 15.8 Å². The molecule has 0 saturated carbocycles. The van der Waals surface area contributed by atoms with Gasteiger partial charge in [-0.1, -0.05) is 11.6 Å². The van der Waals surface area contributed by atoms with Crippen LogP contribution in [0.5, 0.6) is 0 Å². The molecule has 6 heteroatoms. The predicted octanol–water partition coefficient (Wildman–Crippen LogP) is 3.02. The second-order valence-electron chi connectivity index (χ2n) is 3.99. The van der Waals surface area contributed by atoms with E-state index in [1.54, 1.807) is 37.1 Å². The number of nitrogens with one attached hydrogen (secondary N) is 1. The molecule has 0 fully saturated rings. The highest BCUT2D eigenvalue weighted by Gasteiger charge is 2.05.